The van der Waals surface area contributed by atoms with Crippen LogP contribution in [0.2, 0.25) is 0 Å². The quantitative estimate of drug-likeness (QED) is 0.831. The topological polar surface area (TPSA) is 21.3 Å². The van der Waals surface area contributed by atoms with Gasteiger partial charge in [-0.2, -0.15) is 0 Å². The molecule has 0 radical (unpaired) electrons. The van der Waals surface area contributed by atoms with E-state index in [2.05, 4.69) is 23.5 Å². The largest absolute Gasteiger partial charge is 0.497 e. The van der Waals surface area contributed by atoms with Gasteiger partial charge < -0.3 is 10.1 Å². The molecule has 1 aliphatic heterocycles. The first-order valence-corrected chi connectivity index (χ1v) is 6.26. The van der Waals surface area contributed by atoms with Crippen molar-refractivity contribution in [2.45, 2.75) is 25.2 Å². The average Bonchev–Trinajstić information content (AvgIpc) is 2.38. The summed E-state index contributed by atoms with van der Waals surface area (Å²) in [7, 11) is 1.75. The number of benzene rings is 1. The molecule has 0 aromatic heterocycles. The Labute approximate surface area is 109 Å². The molecule has 1 heterocycles. The Bertz CT molecular complexity index is 394. The van der Waals surface area contributed by atoms with Crippen molar-refractivity contribution in [2.24, 2.45) is 5.92 Å². The van der Waals surface area contributed by atoms with E-state index >= 15 is 0 Å². The predicted molar refractivity (Wildman–Crippen MR) is 72.3 cm³/mol. The number of hydrogen-bond donors (Lipinski definition) is 1. The molecule has 0 amide bonds. The van der Waals surface area contributed by atoms with Crippen LogP contribution in [0.5, 0.6) is 5.75 Å². The first-order chi connectivity index (χ1) is 7.88. The molecule has 1 N–H and O–H groups in total. The molecular weight excluding hydrogens is 234 g/mol. The lowest BCUT2D eigenvalue weighted by Crippen LogP contribution is -2.37. The minimum absolute atomic E-state index is 0. The summed E-state index contributed by atoms with van der Waals surface area (Å²) >= 11 is 0. The van der Waals surface area contributed by atoms with Crippen molar-refractivity contribution in [3.63, 3.8) is 0 Å². The molecule has 1 aromatic carbocycles. The molecule has 2 atom stereocenters. The summed E-state index contributed by atoms with van der Waals surface area (Å²) in [6, 6.07) is 6.59. The van der Waals surface area contributed by atoms with Crippen molar-refractivity contribution in [1.82, 2.24) is 5.32 Å². The van der Waals surface area contributed by atoms with Gasteiger partial charge in [0, 0.05) is 6.54 Å². The van der Waals surface area contributed by atoms with Crippen LogP contribution in [-0.4, -0.2) is 20.2 Å². The number of ether oxygens (including phenoxy) is 1. The van der Waals surface area contributed by atoms with E-state index in [1.807, 2.05) is 0 Å². The molecule has 3 heteroatoms. The Morgan fingerprint density at radius 1 is 1.29 bits per heavy atom. The second kappa shape index (κ2) is 5.28. The lowest BCUT2D eigenvalue weighted by Gasteiger charge is -2.37. The van der Waals surface area contributed by atoms with E-state index in [1.165, 1.54) is 36.9 Å². The average molecular weight is 254 g/mol. The van der Waals surface area contributed by atoms with Crippen molar-refractivity contribution in [2.75, 3.05) is 20.2 Å². The van der Waals surface area contributed by atoms with Crippen LogP contribution in [0, 0.1) is 5.92 Å². The van der Waals surface area contributed by atoms with E-state index in [0.29, 0.717) is 5.92 Å². The summed E-state index contributed by atoms with van der Waals surface area (Å²) < 4.78 is 5.34. The van der Waals surface area contributed by atoms with Crippen LogP contribution < -0.4 is 10.1 Å². The van der Waals surface area contributed by atoms with Crippen LogP contribution in [0.1, 0.15) is 29.9 Å². The van der Waals surface area contributed by atoms with Gasteiger partial charge in [-0.3, -0.25) is 0 Å². The smallest absolute Gasteiger partial charge is 0.119 e. The molecule has 1 aromatic rings. The van der Waals surface area contributed by atoms with E-state index < -0.39 is 0 Å². The van der Waals surface area contributed by atoms with Crippen LogP contribution in [0.25, 0.3) is 0 Å². The van der Waals surface area contributed by atoms with Crippen LogP contribution in [-0.2, 0) is 6.42 Å². The molecule has 0 spiro atoms. The Hall–Kier alpha value is -0.730. The van der Waals surface area contributed by atoms with Gasteiger partial charge in [0.25, 0.3) is 0 Å². The van der Waals surface area contributed by atoms with Gasteiger partial charge in [0.15, 0.2) is 0 Å². The number of piperidine rings is 1. The highest BCUT2D eigenvalue weighted by atomic mass is 35.5. The zero-order valence-corrected chi connectivity index (χ0v) is 11.1. The molecule has 0 bridgehead atoms. The molecule has 1 fully saturated rings. The highest BCUT2D eigenvalue weighted by Gasteiger charge is 2.31. The van der Waals surface area contributed by atoms with Crippen LogP contribution in [0.4, 0.5) is 0 Å². The molecule has 2 nitrogen and oxygen atoms in total. The molecule has 94 valence electrons. The van der Waals surface area contributed by atoms with Gasteiger partial charge in [0.1, 0.15) is 5.75 Å². The number of halogens is 1. The van der Waals surface area contributed by atoms with Crippen LogP contribution in [0.15, 0.2) is 18.2 Å². The van der Waals surface area contributed by atoms with E-state index in [4.69, 9.17) is 4.74 Å². The third kappa shape index (κ3) is 2.29. The zero-order valence-electron chi connectivity index (χ0n) is 10.2. The summed E-state index contributed by atoms with van der Waals surface area (Å²) in [5.74, 6) is 2.61. The molecule has 1 saturated heterocycles. The van der Waals surface area contributed by atoms with Crippen LogP contribution >= 0.6 is 12.4 Å². The van der Waals surface area contributed by atoms with Gasteiger partial charge in [-0.1, -0.05) is 6.07 Å². The second-order valence-corrected chi connectivity index (χ2v) is 4.96. The fourth-order valence-corrected chi connectivity index (χ4v) is 3.24. The standard InChI is InChI=1S/C14H19NO.ClH/c1-16-12-5-4-10-2-3-11-6-7-15-9-14(11)13(10)8-12;/h4-5,8,11,14-15H,2-3,6-7,9H2,1H3;1H/t11-,14-;/m0./s1. The molecule has 0 saturated carbocycles. The zero-order chi connectivity index (χ0) is 11.0. The monoisotopic (exact) mass is 253 g/mol. The predicted octanol–water partition coefficient (Wildman–Crippen LogP) is 2.76. The molecular formula is C14H20ClNO. The maximum atomic E-state index is 5.34. The minimum Gasteiger partial charge on any atom is -0.497 e. The van der Waals surface area contributed by atoms with Crippen molar-refractivity contribution >= 4 is 12.4 Å². The van der Waals surface area contributed by atoms with Gasteiger partial charge in [0.2, 0.25) is 0 Å². The normalized spacial score (nSPS) is 26.4. The minimum atomic E-state index is 0. The van der Waals surface area contributed by atoms with Gasteiger partial charge in [0.05, 0.1) is 7.11 Å². The summed E-state index contributed by atoms with van der Waals surface area (Å²) in [4.78, 5) is 0. The second-order valence-electron chi connectivity index (χ2n) is 4.96. The molecule has 0 unspecified atom stereocenters. The molecule has 1 aliphatic carbocycles. The number of methoxy groups -OCH3 is 1. The SMILES string of the molecule is COc1ccc2c(c1)[C@H]1CNCC[C@@H]1CC2.Cl. The van der Waals surface area contributed by atoms with Gasteiger partial charge in [-0.15, -0.1) is 12.4 Å². The summed E-state index contributed by atoms with van der Waals surface area (Å²) in [5, 5.41) is 3.52. The molecule has 3 rings (SSSR count). The lowest BCUT2D eigenvalue weighted by atomic mass is 9.72. The highest BCUT2D eigenvalue weighted by molar-refractivity contribution is 5.85. The van der Waals surface area contributed by atoms with E-state index in [-0.39, 0.29) is 12.4 Å². The van der Waals surface area contributed by atoms with Gasteiger partial charge in [-0.05, 0) is 60.9 Å². The molecule has 17 heavy (non-hydrogen) atoms. The number of nitrogens with one attached hydrogen (secondary N) is 1. The Balaban J connectivity index is 0.00000108. The van der Waals surface area contributed by atoms with E-state index in [9.17, 15) is 0 Å². The first-order valence-electron chi connectivity index (χ1n) is 6.26. The fourth-order valence-electron chi connectivity index (χ4n) is 3.24. The molecule has 2 aliphatic rings. The number of fused-ring (bicyclic) bond motifs is 3. The maximum Gasteiger partial charge on any atom is 0.119 e. The highest BCUT2D eigenvalue weighted by Crippen LogP contribution is 2.40. The maximum absolute atomic E-state index is 5.34. The summed E-state index contributed by atoms with van der Waals surface area (Å²) in [6.45, 7) is 2.34. The van der Waals surface area contributed by atoms with Gasteiger partial charge in [-0.25, -0.2) is 0 Å². The van der Waals surface area contributed by atoms with Gasteiger partial charge >= 0.3 is 0 Å². The van der Waals surface area contributed by atoms with Crippen molar-refractivity contribution < 1.29 is 4.74 Å². The summed E-state index contributed by atoms with van der Waals surface area (Å²) in [5.41, 5.74) is 3.06. The number of hydrogen-bond acceptors (Lipinski definition) is 2. The van der Waals surface area contributed by atoms with Crippen molar-refractivity contribution in [3.8, 4) is 5.75 Å². The Kier molecular flexibility index (Phi) is 3.95. The first kappa shape index (κ1) is 12.7. The number of rotatable bonds is 1. The van der Waals surface area contributed by atoms with Crippen molar-refractivity contribution in [3.05, 3.63) is 29.3 Å². The Morgan fingerprint density at radius 3 is 3.00 bits per heavy atom. The van der Waals surface area contributed by atoms with E-state index in [0.717, 1.165) is 18.2 Å². The lowest BCUT2D eigenvalue weighted by molar-refractivity contribution is 0.290. The summed E-state index contributed by atoms with van der Waals surface area (Å²) in [6.07, 6.45) is 3.95. The Morgan fingerprint density at radius 2 is 2.18 bits per heavy atom. The fraction of sp³-hybridized carbons (Fsp3) is 0.571. The van der Waals surface area contributed by atoms with Crippen LogP contribution in [0.3, 0.4) is 0 Å². The van der Waals surface area contributed by atoms with Crippen molar-refractivity contribution in [1.29, 1.82) is 0 Å². The number of aryl methyl sites for hydroxylation is 1. The third-order valence-corrected chi connectivity index (χ3v) is 4.16. The van der Waals surface area contributed by atoms with E-state index in [1.54, 1.807) is 7.11 Å². The third-order valence-electron chi connectivity index (χ3n) is 4.16.